The number of rotatable bonds is 7. The molecule has 0 radical (unpaired) electrons. The summed E-state index contributed by atoms with van der Waals surface area (Å²) < 4.78 is 6.08. The number of hydrogen-bond donors (Lipinski definition) is 2. The summed E-state index contributed by atoms with van der Waals surface area (Å²) in [7, 11) is 3.75. The fourth-order valence-electron chi connectivity index (χ4n) is 3.18. The lowest BCUT2D eigenvalue weighted by Gasteiger charge is -2.17. The first kappa shape index (κ1) is 24.8. The number of primary amides is 1. The standard InChI is InChI=1S/C22H21ClN4O2S.C2H7N/c23-17-5-3-4-15(12-17)14-29-21-19(13-25-22(26-21)27-10-1-2-11-27)30-18-8-6-16(7-9-18)20(24)28;1-3-2/h3-9,12-13H,1-2,10-11,14H2,(H2,24,28);3H,1-2H3. The Labute approximate surface area is 203 Å². The number of anilines is 1. The molecule has 1 saturated heterocycles. The second-order valence-corrected chi connectivity index (χ2v) is 8.99. The number of carbonyl (C=O) groups excluding carboxylic acids is 1. The lowest BCUT2D eigenvalue weighted by molar-refractivity contribution is 0.1000. The van der Waals surface area contributed by atoms with Crippen molar-refractivity contribution < 1.29 is 9.53 Å². The molecular weight excluding hydrogens is 458 g/mol. The van der Waals surface area contributed by atoms with Crippen molar-refractivity contribution in [2.24, 2.45) is 5.73 Å². The molecule has 9 heteroatoms. The van der Waals surface area contributed by atoms with Gasteiger partial charge in [-0.15, -0.1) is 0 Å². The minimum Gasteiger partial charge on any atom is -0.472 e. The Morgan fingerprint density at radius 1 is 1.18 bits per heavy atom. The van der Waals surface area contributed by atoms with Gasteiger partial charge in [0.05, 0.1) is 11.1 Å². The van der Waals surface area contributed by atoms with Crippen LogP contribution in [0.1, 0.15) is 28.8 Å². The number of benzene rings is 2. The molecule has 174 valence electrons. The third kappa shape index (κ3) is 7.35. The van der Waals surface area contributed by atoms with Crippen LogP contribution in [0.4, 0.5) is 5.95 Å². The summed E-state index contributed by atoms with van der Waals surface area (Å²) in [5.74, 6) is 0.758. The van der Waals surface area contributed by atoms with Crippen LogP contribution in [-0.4, -0.2) is 43.1 Å². The van der Waals surface area contributed by atoms with Crippen LogP contribution in [0.15, 0.2) is 64.5 Å². The van der Waals surface area contributed by atoms with Crippen molar-refractivity contribution in [3.05, 3.63) is 70.9 Å². The molecular formula is C24H28ClN5O2S. The Morgan fingerprint density at radius 2 is 1.88 bits per heavy atom. The van der Waals surface area contributed by atoms with Gasteiger partial charge in [0, 0.05) is 28.6 Å². The highest BCUT2D eigenvalue weighted by molar-refractivity contribution is 7.99. The average Bonchev–Trinajstić information content (AvgIpc) is 3.34. The van der Waals surface area contributed by atoms with Gasteiger partial charge in [0.15, 0.2) is 0 Å². The number of halogens is 1. The highest BCUT2D eigenvalue weighted by Gasteiger charge is 2.18. The van der Waals surface area contributed by atoms with Crippen molar-refractivity contribution in [1.29, 1.82) is 0 Å². The van der Waals surface area contributed by atoms with Crippen LogP contribution in [-0.2, 0) is 6.61 Å². The van der Waals surface area contributed by atoms with Crippen LogP contribution in [0.5, 0.6) is 5.88 Å². The molecule has 0 aliphatic carbocycles. The molecule has 0 atom stereocenters. The minimum atomic E-state index is -0.449. The smallest absolute Gasteiger partial charge is 0.248 e. The molecule has 7 nitrogen and oxygen atoms in total. The third-order valence-corrected chi connectivity index (χ3v) is 5.97. The molecule has 1 aromatic heterocycles. The van der Waals surface area contributed by atoms with Gasteiger partial charge in [0.1, 0.15) is 6.61 Å². The number of carbonyl (C=O) groups is 1. The van der Waals surface area contributed by atoms with Crippen LogP contribution in [0.3, 0.4) is 0 Å². The molecule has 4 rings (SSSR count). The molecule has 1 amide bonds. The summed E-state index contributed by atoms with van der Waals surface area (Å²) in [5, 5.41) is 3.42. The van der Waals surface area contributed by atoms with Crippen LogP contribution >= 0.6 is 23.4 Å². The van der Waals surface area contributed by atoms with Crippen molar-refractivity contribution in [3.63, 3.8) is 0 Å². The first-order valence-electron chi connectivity index (χ1n) is 10.7. The largest absolute Gasteiger partial charge is 0.472 e. The van der Waals surface area contributed by atoms with Gasteiger partial charge in [-0.05, 0) is 68.9 Å². The monoisotopic (exact) mass is 485 g/mol. The van der Waals surface area contributed by atoms with Crippen molar-refractivity contribution in [2.45, 2.75) is 29.2 Å². The fourth-order valence-corrected chi connectivity index (χ4v) is 4.22. The topological polar surface area (TPSA) is 93.4 Å². The van der Waals surface area contributed by atoms with Gasteiger partial charge in [-0.3, -0.25) is 4.79 Å². The van der Waals surface area contributed by atoms with E-state index in [4.69, 9.17) is 27.1 Å². The van der Waals surface area contributed by atoms with E-state index in [0.717, 1.165) is 41.3 Å². The lowest BCUT2D eigenvalue weighted by Crippen LogP contribution is -2.20. The van der Waals surface area contributed by atoms with E-state index in [-0.39, 0.29) is 0 Å². The van der Waals surface area contributed by atoms with Crippen molar-refractivity contribution in [3.8, 4) is 5.88 Å². The predicted octanol–water partition coefficient (Wildman–Crippen LogP) is 4.39. The van der Waals surface area contributed by atoms with E-state index in [1.807, 2.05) is 50.5 Å². The van der Waals surface area contributed by atoms with Gasteiger partial charge >= 0.3 is 0 Å². The molecule has 1 aliphatic heterocycles. The highest BCUT2D eigenvalue weighted by atomic mass is 35.5. The van der Waals surface area contributed by atoms with Crippen LogP contribution < -0.4 is 20.7 Å². The molecule has 33 heavy (non-hydrogen) atoms. The second kappa shape index (κ2) is 12.4. The lowest BCUT2D eigenvalue weighted by atomic mass is 10.2. The molecule has 3 aromatic rings. The number of nitrogens with two attached hydrogens (primary N) is 1. The van der Waals surface area contributed by atoms with Gasteiger partial charge in [0.2, 0.25) is 17.7 Å². The molecule has 0 unspecified atom stereocenters. The average molecular weight is 486 g/mol. The molecule has 1 fully saturated rings. The van der Waals surface area contributed by atoms with Gasteiger partial charge in [-0.25, -0.2) is 4.98 Å². The molecule has 0 saturated carbocycles. The summed E-state index contributed by atoms with van der Waals surface area (Å²) in [5.41, 5.74) is 6.76. The summed E-state index contributed by atoms with van der Waals surface area (Å²) in [4.78, 5) is 24.4. The maximum Gasteiger partial charge on any atom is 0.248 e. The van der Waals surface area contributed by atoms with Crippen molar-refractivity contribution >= 4 is 35.2 Å². The van der Waals surface area contributed by atoms with Gasteiger partial charge < -0.3 is 20.7 Å². The molecule has 2 heterocycles. The summed E-state index contributed by atoms with van der Waals surface area (Å²) in [6.45, 7) is 2.26. The maximum absolute atomic E-state index is 11.3. The highest BCUT2D eigenvalue weighted by Crippen LogP contribution is 2.35. The van der Waals surface area contributed by atoms with Crippen molar-refractivity contribution in [2.75, 3.05) is 32.1 Å². The number of aromatic nitrogens is 2. The Balaban J connectivity index is 0.000000968. The Kier molecular flexibility index (Phi) is 9.35. The number of amides is 1. The normalized spacial score (nSPS) is 12.8. The molecule has 0 spiro atoms. The first-order valence-corrected chi connectivity index (χ1v) is 11.8. The van der Waals surface area contributed by atoms with Gasteiger partial charge in [-0.2, -0.15) is 4.98 Å². The Hall–Kier alpha value is -2.81. The molecule has 2 aromatic carbocycles. The maximum atomic E-state index is 11.3. The minimum absolute atomic E-state index is 0.352. The van der Waals surface area contributed by atoms with Gasteiger partial charge in [-0.1, -0.05) is 35.5 Å². The van der Waals surface area contributed by atoms with Crippen molar-refractivity contribution in [1.82, 2.24) is 15.3 Å². The zero-order chi connectivity index (χ0) is 23.6. The zero-order valence-electron chi connectivity index (χ0n) is 18.8. The molecule has 3 N–H and O–H groups in total. The zero-order valence-corrected chi connectivity index (χ0v) is 20.3. The number of hydrogen-bond acceptors (Lipinski definition) is 7. The number of ether oxygens (including phenoxy) is 1. The number of nitrogens with zero attached hydrogens (tertiary/aromatic N) is 3. The predicted molar refractivity (Wildman–Crippen MR) is 133 cm³/mol. The second-order valence-electron chi connectivity index (χ2n) is 7.44. The van der Waals surface area contributed by atoms with Crippen LogP contribution in [0.2, 0.25) is 5.02 Å². The summed E-state index contributed by atoms with van der Waals surface area (Å²) >= 11 is 7.56. The molecule has 0 bridgehead atoms. The van der Waals surface area contributed by atoms with E-state index in [2.05, 4.69) is 15.2 Å². The SMILES string of the molecule is CNC.NC(=O)c1ccc(Sc2cnc(N3CCCC3)nc2OCc2cccc(Cl)c2)cc1. The van der Waals surface area contributed by atoms with E-state index in [1.165, 1.54) is 11.8 Å². The van der Waals surface area contributed by atoms with E-state index >= 15 is 0 Å². The van der Waals surface area contributed by atoms with E-state index in [9.17, 15) is 4.79 Å². The Morgan fingerprint density at radius 3 is 2.52 bits per heavy atom. The van der Waals surface area contributed by atoms with E-state index in [0.29, 0.717) is 29.0 Å². The van der Waals surface area contributed by atoms with E-state index in [1.54, 1.807) is 18.3 Å². The van der Waals surface area contributed by atoms with Crippen LogP contribution in [0.25, 0.3) is 0 Å². The van der Waals surface area contributed by atoms with E-state index < -0.39 is 5.91 Å². The van der Waals surface area contributed by atoms with Crippen LogP contribution in [0, 0.1) is 0 Å². The van der Waals surface area contributed by atoms with Gasteiger partial charge in [0.25, 0.3) is 0 Å². The Bertz CT molecular complexity index is 1060. The fraction of sp³-hybridized carbons (Fsp3) is 0.292. The summed E-state index contributed by atoms with van der Waals surface area (Å²) in [6.07, 6.45) is 4.08. The quantitative estimate of drug-likeness (QED) is 0.512. The first-order chi connectivity index (χ1) is 16.0. The summed E-state index contributed by atoms with van der Waals surface area (Å²) in [6, 6.07) is 14.7. The number of nitrogens with one attached hydrogen (secondary N) is 1. The molecule has 1 aliphatic rings. The third-order valence-electron chi connectivity index (χ3n) is 4.73.